The molecule has 1 aromatic carbocycles. The maximum Gasteiger partial charge on any atom is 0.137 e. The van der Waals surface area contributed by atoms with Gasteiger partial charge in [0.25, 0.3) is 0 Å². The topological polar surface area (TPSA) is 37.5 Å². The SMILES string of the molecule is OCc1cc(-c2ccc3nc(-c4cc5ccccc5s4)cn3c2)cs1. The summed E-state index contributed by atoms with van der Waals surface area (Å²) in [6.07, 6.45) is 4.19. The van der Waals surface area contributed by atoms with Crippen LogP contribution in [0.15, 0.2) is 66.3 Å². The Labute approximate surface area is 152 Å². The molecule has 3 nitrogen and oxygen atoms in total. The number of hydrogen-bond acceptors (Lipinski definition) is 4. The molecule has 4 aromatic heterocycles. The number of thiophene rings is 2. The van der Waals surface area contributed by atoms with Crippen molar-refractivity contribution < 1.29 is 5.11 Å². The third kappa shape index (κ3) is 2.57. The van der Waals surface area contributed by atoms with Gasteiger partial charge in [0.2, 0.25) is 0 Å². The summed E-state index contributed by atoms with van der Waals surface area (Å²) in [7, 11) is 0. The summed E-state index contributed by atoms with van der Waals surface area (Å²) in [5.41, 5.74) is 4.20. The molecule has 5 aromatic rings. The second-order valence-electron chi connectivity index (χ2n) is 5.92. The predicted octanol–water partition coefficient (Wildman–Crippen LogP) is 5.44. The van der Waals surface area contributed by atoms with Crippen LogP contribution in [0.25, 0.3) is 37.4 Å². The van der Waals surface area contributed by atoms with Gasteiger partial charge >= 0.3 is 0 Å². The number of aromatic nitrogens is 2. The summed E-state index contributed by atoms with van der Waals surface area (Å²) in [5, 5.41) is 12.6. The maximum absolute atomic E-state index is 9.26. The van der Waals surface area contributed by atoms with Crippen LogP contribution in [0, 0.1) is 0 Å². The fraction of sp³-hybridized carbons (Fsp3) is 0.0500. The molecule has 0 radical (unpaired) electrons. The Hall–Kier alpha value is -2.47. The molecule has 1 N–H and O–H groups in total. The molecule has 0 aliphatic heterocycles. The van der Waals surface area contributed by atoms with Gasteiger partial charge in [-0.25, -0.2) is 4.98 Å². The van der Waals surface area contributed by atoms with Crippen molar-refractivity contribution >= 4 is 38.4 Å². The van der Waals surface area contributed by atoms with E-state index in [2.05, 4.69) is 58.6 Å². The minimum absolute atomic E-state index is 0.0913. The van der Waals surface area contributed by atoms with E-state index in [1.54, 1.807) is 22.7 Å². The summed E-state index contributed by atoms with van der Waals surface area (Å²) < 4.78 is 3.36. The van der Waals surface area contributed by atoms with Crippen molar-refractivity contribution in [2.75, 3.05) is 0 Å². The predicted molar refractivity (Wildman–Crippen MR) is 105 cm³/mol. The molecular weight excluding hydrogens is 348 g/mol. The average Bonchev–Trinajstić information content (AvgIpc) is 3.36. The molecule has 5 heteroatoms. The van der Waals surface area contributed by atoms with E-state index < -0.39 is 0 Å². The first-order valence-electron chi connectivity index (χ1n) is 7.96. The van der Waals surface area contributed by atoms with Gasteiger partial charge in [-0.3, -0.25) is 0 Å². The second kappa shape index (κ2) is 5.81. The van der Waals surface area contributed by atoms with E-state index in [0.29, 0.717) is 0 Å². The monoisotopic (exact) mass is 362 g/mol. The highest BCUT2D eigenvalue weighted by molar-refractivity contribution is 7.22. The van der Waals surface area contributed by atoms with Crippen LogP contribution >= 0.6 is 22.7 Å². The fourth-order valence-corrected chi connectivity index (χ4v) is 4.77. The molecule has 0 aliphatic rings. The standard InChI is InChI=1S/C20H14N2OS2/c23-11-16-7-15(12-24-16)14-5-6-20-21-17(10-22(20)9-14)19-8-13-3-1-2-4-18(13)25-19/h1-10,12,23H,11H2. The number of aliphatic hydroxyl groups is 1. The molecule has 0 atom stereocenters. The van der Waals surface area contributed by atoms with Crippen LogP contribution in [0.4, 0.5) is 0 Å². The Morgan fingerprint density at radius 1 is 1.00 bits per heavy atom. The molecule has 0 fully saturated rings. The van der Waals surface area contributed by atoms with Gasteiger partial charge in [-0.15, -0.1) is 22.7 Å². The minimum atomic E-state index is 0.0913. The molecule has 0 saturated heterocycles. The Kier molecular flexibility index (Phi) is 3.45. The molecule has 4 heterocycles. The van der Waals surface area contributed by atoms with Crippen molar-refractivity contribution in [3.8, 4) is 21.7 Å². The minimum Gasteiger partial charge on any atom is -0.391 e. The lowest BCUT2D eigenvalue weighted by Crippen LogP contribution is -1.84. The second-order valence-corrected chi connectivity index (χ2v) is 8.00. The molecule has 0 saturated carbocycles. The van der Waals surface area contributed by atoms with E-state index in [1.807, 2.05) is 12.1 Å². The van der Waals surface area contributed by atoms with Gasteiger partial charge in [0, 0.05) is 22.0 Å². The highest BCUT2D eigenvalue weighted by atomic mass is 32.1. The molecule has 0 unspecified atom stereocenters. The van der Waals surface area contributed by atoms with Gasteiger partial charge in [-0.2, -0.15) is 0 Å². The highest BCUT2D eigenvalue weighted by Gasteiger charge is 2.10. The molecule has 0 bridgehead atoms. The lowest BCUT2D eigenvalue weighted by molar-refractivity contribution is 0.285. The number of hydrogen-bond donors (Lipinski definition) is 1. The molecule has 25 heavy (non-hydrogen) atoms. The number of benzene rings is 1. The molecule has 5 rings (SSSR count). The maximum atomic E-state index is 9.26. The first-order valence-corrected chi connectivity index (χ1v) is 9.66. The van der Waals surface area contributed by atoms with Crippen LogP contribution in [-0.2, 0) is 6.61 Å². The number of nitrogens with zero attached hydrogens (tertiary/aromatic N) is 2. The van der Waals surface area contributed by atoms with Crippen molar-refractivity contribution in [2.45, 2.75) is 6.61 Å². The lowest BCUT2D eigenvalue weighted by atomic mass is 10.1. The van der Waals surface area contributed by atoms with E-state index in [1.165, 1.54) is 15.0 Å². The largest absolute Gasteiger partial charge is 0.391 e. The Bertz CT molecular complexity index is 1170. The van der Waals surface area contributed by atoms with E-state index in [9.17, 15) is 5.11 Å². The zero-order valence-corrected chi connectivity index (χ0v) is 14.8. The number of fused-ring (bicyclic) bond motifs is 2. The molecule has 0 spiro atoms. The summed E-state index contributed by atoms with van der Waals surface area (Å²) in [4.78, 5) is 6.93. The normalized spacial score (nSPS) is 11.6. The zero-order valence-electron chi connectivity index (χ0n) is 13.2. The van der Waals surface area contributed by atoms with E-state index in [4.69, 9.17) is 4.98 Å². The van der Waals surface area contributed by atoms with Crippen LogP contribution in [0.2, 0.25) is 0 Å². The zero-order chi connectivity index (χ0) is 16.8. The number of pyridine rings is 1. The van der Waals surface area contributed by atoms with Crippen molar-refractivity contribution in [2.24, 2.45) is 0 Å². The van der Waals surface area contributed by atoms with E-state index in [-0.39, 0.29) is 6.61 Å². The Morgan fingerprint density at radius 2 is 1.92 bits per heavy atom. The number of aliphatic hydroxyl groups excluding tert-OH is 1. The molecule has 122 valence electrons. The lowest BCUT2D eigenvalue weighted by Gasteiger charge is -1.99. The summed E-state index contributed by atoms with van der Waals surface area (Å²) in [5.74, 6) is 0. The quantitative estimate of drug-likeness (QED) is 0.464. The van der Waals surface area contributed by atoms with Crippen LogP contribution in [-0.4, -0.2) is 14.5 Å². The molecular formula is C20H14N2OS2. The van der Waals surface area contributed by atoms with Gasteiger partial charge in [-0.1, -0.05) is 18.2 Å². The van der Waals surface area contributed by atoms with Crippen LogP contribution in [0.5, 0.6) is 0 Å². The summed E-state index contributed by atoms with van der Waals surface area (Å²) >= 11 is 3.35. The summed E-state index contributed by atoms with van der Waals surface area (Å²) in [6.45, 7) is 0.0913. The van der Waals surface area contributed by atoms with Gasteiger partial charge in [-0.05, 0) is 52.2 Å². The van der Waals surface area contributed by atoms with Gasteiger partial charge in [0.1, 0.15) is 5.65 Å². The molecule has 0 aliphatic carbocycles. The molecule has 0 amide bonds. The Balaban J connectivity index is 1.59. The van der Waals surface area contributed by atoms with Crippen molar-refractivity contribution in [3.63, 3.8) is 0 Å². The van der Waals surface area contributed by atoms with Gasteiger partial charge in [0.05, 0.1) is 17.2 Å². The van der Waals surface area contributed by atoms with E-state index >= 15 is 0 Å². The van der Waals surface area contributed by atoms with Crippen molar-refractivity contribution in [3.05, 3.63) is 71.2 Å². The van der Waals surface area contributed by atoms with Crippen molar-refractivity contribution in [1.82, 2.24) is 9.38 Å². The van der Waals surface area contributed by atoms with Gasteiger partial charge < -0.3 is 9.51 Å². The number of imidazole rings is 1. The summed E-state index contributed by atoms with van der Waals surface area (Å²) in [6, 6.07) is 16.8. The first kappa shape index (κ1) is 14.8. The van der Waals surface area contributed by atoms with Crippen LogP contribution in [0.1, 0.15) is 4.88 Å². The third-order valence-corrected chi connectivity index (χ3v) is 6.33. The number of rotatable bonds is 3. The van der Waals surface area contributed by atoms with Crippen LogP contribution < -0.4 is 0 Å². The fourth-order valence-electron chi connectivity index (χ4n) is 3.00. The van der Waals surface area contributed by atoms with Crippen LogP contribution in [0.3, 0.4) is 0 Å². The highest BCUT2D eigenvalue weighted by Crippen LogP contribution is 2.33. The third-order valence-electron chi connectivity index (χ3n) is 4.27. The Morgan fingerprint density at radius 3 is 2.76 bits per heavy atom. The first-order chi connectivity index (χ1) is 12.3. The average molecular weight is 362 g/mol. The smallest absolute Gasteiger partial charge is 0.137 e. The van der Waals surface area contributed by atoms with Gasteiger partial charge in [0.15, 0.2) is 0 Å². The van der Waals surface area contributed by atoms with Crippen molar-refractivity contribution in [1.29, 1.82) is 0 Å². The van der Waals surface area contributed by atoms with E-state index in [0.717, 1.165) is 27.3 Å².